The highest BCUT2D eigenvalue weighted by molar-refractivity contribution is 5.98. The number of aryl methyl sites for hydroxylation is 1. The van der Waals surface area contributed by atoms with E-state index < -0.39 is 0 Å². The van der Waals surface area contributed by atoms with E-state index >= 15 is 0 Å². The Bertz CT molecular complexity index is 746. The van der Waals surface area contributed by atoms with E-state index in [9.17, 15) is 9.59 Å². The van der Waals surface area contributed by atoms with Crippen LogP contribution in [0.15, 0.2) is 17.1 Å². The van der Waals surface area contributed by atoms with E-state index in [-0.39, 0.29) is 17.5 Å². The Morgan fingerprint density at radius 2 is 2.17 bits per heavy atom. The van der Waals surface area contributed by atoms with Crippen LogP contribution in [-0.4, -0.2) is 16.5 Å². The molecule has 4 atom stereocenters. The molecular formula is C19H24N2O2. The van der Waals surface area contributed by atoms with Crippen molar-refractivity contribution in [3.8, 4) is 0 Å². The van der Waals surface area contributed by atoms with Crippen LogP contribution in [0.25, 0.3) is 6.08 Å². The summed E-state index contributed by atoms with van der Waals surface area (Å²) in [6.45, 7) is 2.14. The fourth-order valence-corrected chi connectivity index (χ4v) is 4.97. The molecule has 1 amide bonds. The molecule has 0 spiro atoms. The van der Waals surface area contributed by atoms with Gasteiger partial charge in [0.05, 0.1) is 5.56 Å². The molecule has 1 aromatic heterocycles. The normalized spacial score (nSPS) is 28.9. The molecule has 2 bridgehead atoms. The Morgan fingerprint density at radius 3 is 2.87 bits per heavy atom. The number of carbonyl (C=O) groups excluding carboxylic acids is 1. The van der Waals surface area contributed by atoms with Crippen molar-refractivity contribution in [1.29, 1.82) is 0 Å². The lowest BCUT2D eigenvalue weighted by atomic mass is 9.84. The van der Waals surface area contributed by atoms with Crippen molar-refractivity contribution in [3.63, 3.8) is 0 Å². The van der Waals surface area contributed by atoms with Crippen molar-refractivity contribution in [2.45, 2.75) is 45.1 Å². The summed E-state index contributed by atoms with van der Waals surface area (Å²) in [5.41, 5.74) is 2.19. The molecule has 1 heterocycles. The van der Waals surface area contributed by atoms with E-state index in [0.717, 1.165) is 23.0 Å². The predicted molar refractivity (Wildman–Crippen MR) is 90.3 cm³/mol. The standard InChI is InChI=1S/C19H24N2O2/c1-11(16-9-12-6-7-13(16)8-12)20-18(22)17-10-21(2)19(23)15-5-3-4-14(15)17/h3-4,10-13,16H,5-9H2,1-2H3,(H,20,22). The maximum Gasteiger partial charge on any atom is 0.254 e. The Kier molecular flexibility index (Phi) is 3.43. The topological polar surface area (TPSA) is 51.1 Å². The van der Waals surface area contributed by atoms with Crippen molar-refractivity contribution in [2.75, 3.05) is 0 Å². The molecule has 1 aromatic rings. The molecule has 3 aliphatic rings. The van der Waals surface area contributed by atoms with Crippen LogP contribution in [0.4, 0.5) is 0 Å². The molecule has 122 valence electrons. The summed E-state index contributed by atoms with van der Waals surface area (Å²) >= 11 is 0. The predicted octanol–water partition coefficient (Wildman–Crippen LogP) is 2.51. The number of amides is 1. The molecule has 23 heavy (non-hydrogen) atoms. The quantitative estimate of drug-likeness (QED) is 0.932. The van der Waals surface area contributed by atoms with Gasteiger partial charge < -0.3 is 9.88 Å². The van der Waals surface area contributed by atoms with Gasteiger partial charge in [0.15, 0.2) is 0 Å². The SMILES string of the molecule is CC(NC(=O)c1cn(C)c(=O)c2c1C=CC2)C1CC2CCC1C2. The summed E-state index contributed by atoms with van der Waals surface area (Å²) in [7, 11) is 1.72. The molecule has 4 unspecified atom stereocenters. The van der Waals surface area contributed by atoms with Gasteiger partial charge in [0.25, 0.3) is 11.5 Å². The molecule has 1 N–H and O–H groups in total. The van der Waals surface area contributed by atoms with Crippen LogP contribution >= 0.6 is 0 Å². The second-order valence-electron chi connectivity index (χ2n) is 7.56. The number of fused-ring (bicyclic) bond motifs is 3. The number of nitrogens with zero attached hydrogens (tertiary/aromatic N) is 1. The number of hydrogen-bond acceptors (Lipinski definition) is 2. The van der Waals surface area contributed by atoms with Gasteiger partial charge in [0.2, 0.25) is 0 Å². The van der Waals surface area contributed by atoms with Gasteiger partial charge in [-0.05, 0) is 55.9 Å². The van der Waals surface area contributed by atoms with Gasteiger partial charge in [0.1, 0.15) is 0 Å². The van der Waals surface area contributed by atoms with Crippen LogP contribution in [0, 0.1) is 17.8 Å². The highest BCUT2D eigenvalue weighted by atomic mass is 16.2. The highest BCUT2D eigenvalue weighted by Crippen LogP contribution is 2.49. The number of aromatic nitrogens is 1. The molecule has 4 nitrogen and oxygen atoms in total. The Morgan fingerprint density at radius 1 is 1.35 bits per heavy atom. The molecule has 0 aromatic carbocycles. The molecular weight excluding hydrogens is 288 g/mol. The van der Waals surface area contributed by atoms with Crippen LogP contribution in [0.1, 0.15) is 54.1 Å². The van der Waals surface area contributed by atoms with Crippen molar-refractivity contribution in [3.05, 3.63) is 39.3 Å². The van der Waals surface area contributed by atoms with Gasteiger partial charge in [-0.3, -0.25) is 9.59 Å². The zero-order chi connectivity index (χ0) is 16.1. The minimum Gasteiger partial charge on any atom is -0.349 e. The van der Waals surface area contributed by atoms with E-state index in [0.29, 0.717) is 17.9 Å². The molecule has 0 saturated heterocycles. The lowest BCUT2D eigenvalue weighted by molar-refractivity contribution is 0.0914. The monoisotopic (exact) mass is 312 g/mol. The third-order valence-corrected chi connectivity index (χ3v) is 6.16. The minimum absolute atomic E-state index is 0.00250. The number of allylic oxidation sites excluding steroid dienone is 1. The fraction of sp³-hybridized carbons (Fsp3) is 0.579. The minimum atomic E-state index is -0.0429. The van der Waals surface area contributed by atoms with Gasteiger partial charge in [-0.25, -0.2) is 0 Å². The molecule has 0 radical (unpaired) electrons. The Hall–Kier alpha value is -1.84. The van der Waals surface area contributed by atoms with Crippen LogP contribution in [-0.2, 0) is 13.5 Å². The second-order valence-corrected chi connectivity index (χ2v) is 7.56. The molecule has 4 rings (SSSR count). The second kappa shape index (κ2) is 5.36. The smallest absolute Gasteiger partial charge is 0.254 e. The summed E-state index contributed by atoms with van der Waals surface area (Å²) in [4.78, 5) is 24.9. The van der Waals surface area contributed by atoms with Crippen molar-refractivity contribution in [1.82, 2.24) is 9.88 Å². The molecule has 0 aliphatic heterocycles. The average molecular weight is 312 g/mol. The van der Waals surface area contributed by atoms with Crippen molar-refractivity contribution < 1.29 is 4.79 Å². The number of carbonyl (C=O) groups is 1. The van der Waals surface area contributed by atoms with Crippen LogP contribution < -0.4 is 10.9 Å². The third-order valence-electron chi connectivity index (χ3n) is 6.16. The maximum absolute atomic E-state index is 12.8. The number of nitrogens with one attached hydrogen (secondary N) is 1. The maximum atomic E-state index is 12.8. The molecule has 2 fully saturated rings. The number of rotatable bonds is 3. The number of pyridine rings is 1. The van der Waals surface area contributed by atoms with E-state index in [1.807, 2.05) is 12.2 Å². The first-order chi connectivity index (χ1) is 11.0. The largest absolute Gasteiger partial charge is 0.349 e. The molecule has 2 saturated carbocycles. The van der Waals surface area contributed by atoms with Gasteiger partial charge in [0, 0.05) is 24.8 Å². The average Bonchev–Trinajstić information content (AvgIpc) is 3.25. The van der Waals surface area contributed by atoms with Gasteiger partial charge in [-0.2, -0.15) is 0 Å². The van der Waals surface area contributed by atoms with Gasteiger partial charge in [-0.15, -0.1) is 0 Å². The Balaban J connectivity index is 1.56. The fourth-order valence-electron chi connectivity index (χ4n) is 4.97. The van der Waals surface area contributed by atoms with Gasteiger partial charge >= 0.3 is 0 Å². The first-order valence-corrected chi connectivity index (χ1v) is 8.74. The number of hydrogen-bond donors (Lipinski definition) is 1. The molecule has 3 aliphatic carbocycles. The lowest BCUT2D eigenvalue weighted by Gasteiger charge is -2.28. The lowest BCUT2D eigenvalue weighted by Crippen LogP contribution is -2.41. The van der Waals surface area contributed by atoms with E-state index in [1.165, 1.54) is 30.3 Å². The first-order valence-electron chi connectivity index (χ1n) is 8.74. The third kappa shape index (κ3) is 2.35. The van der Waals surface area contributed by atoms with Crippen LogP contribution in [0.5, 0.6) is 0 Å². The zero-order valence-electron chi connectivity index (χ0n) is 13.8. The Labute approximate surface area is 136 Å². The van der Waals surface area contributed by atoms with Crippen LogP contribution in [0.3, 0.4) is 0 Å². The summed E-state index contributed by atoms with van der Waals surface area (Å²) in [6, 6.07) is 0.205. The van der Waals surface area contributed by atoms with E-state index in [1.54, 1.807) is 13.2 Å². The summed E-state index contributed by atoms with van der Waals surface area (Å²) in [5.74, 6) is 2.25. The summed E-state index contributed by atoms with van der Waals surface area (Å²) in [6.07, 6.45) is 11.5. The zero-order valence-corrected chi connectivity index (χ0v) is 13.8. The highest BCUT2D eigenvalue weighted by Gasteiger charge is 2.42. The molecule has 4 heteroatoms. The first kappa shape index (κ1) is 14.7. The van der Waals surface area contributed by atoms with E-state index in [4.69, 9.17) is 0 Å². The summed E-state index contributed by atoms with van der Waals surface area (Å²) < 4.78 is 1.53. The van der Waals surface area contributed by atoms with E-state index in [2.05, 4.69) is 12.2 Å². The van der Waals surface area contributed by atoms with Crippen LogP contribution in [0.2, 0.25) is 0 Å². The van der Waals surface area contributed by atoms with Crippen molar-refractivity contribution in [2.24, 2.45) is 24.8 Å². The van der Waals surface area contributed by atoms with Crippen molar-refractivity contribution >= 4 is 12.0 Å². The van der Waals surface area contributed by atoms with Gasteiger partial charge in [-0.1, -0.05) is 18.6 Å². The summed E-state index contributed by atoms with van der Waals surface area (Å²) in [5, 5.41) is 3.21.